The van der Waals surface area contributed by atoms with Gasteiger partial charge in [-0.15, -0.1) is 0 Å². The molecule has 2 aromatic rings. The van der Waals surface area contributed by atoms with Crippen molar-refractivity contribution in [3.63, 3.8) is 0 Å². The monoisotopic (exact) mass is 415 g/mol. The number of pyridine rings is 1. The van der Waals surface area contributed by atoms with Crippen LogP contribution in [0.2, 0.25) is 0 Å². The van der Waals surface area contributed by atoms with Gasteiger partial charge < -0.3 is 5.32 Å². The van der Waals surface area contributed by atoms with Gasteiger partial charge in [0.2, 0.25) is 15.9 Å². The van der Waals surface area contributed by atoms with Gasteiger partial charge in [-0.3, -0.25) is 9.78 Å². The van der Waals surface area contributed by atoms with E-state index in [1.54, 1.807) is 42.7 Å². The van der Waals surface area contributed by atoms with Gasteiger partial charge in [-0.25, -0.2) is 19.3 Å². The Morgan fingerprint density at radius 2 is 1.86 bits per heavy atom. The summed E-state index contributed by atoms with van der Waals surface area (Å²) in [4.78, 5) is 17.1. The number of hydrazine groups is 1. The highest BCUT2D eigenvalue weighted by Crippen LogP contribution is 2.25. The van der Waals surface area contributed by atoms with Crippen molar-refractivity contribution < 1.29 is 13.2 Å². The summed E-state index contributed by atoms with van der Waals surface area (Å²) in [7, 11) is -3.58. The van der Waals surface area contributed by atoms with Gasteiger partial charge in [-0.2, -0.15) is 4.31 Å². The second kappa shape index (κ2) is 8.58. The molecule has 0 saturated carbocycles. The van der Waals surface area contributed by atoms with Crippen LogP contribution in [-0.2, 0) is 14.8 Å². The fourth-order valence-electron chi connectivity index (χ4n) is 3.87. The van der Waals surface area contributed by atoms with Crippen LogP contribution in [0.4, 0.5) is 0 Å². The fourth-order valence-corrected chi connectivity index (χ4v) is 5.42. The minimum absolute atomic E-state index is 0.0876. The van der Waals surface area contributed by atoms with E-state index in [1.807, 2.05) is 12.1 Å². The summed E-state index contributed by atoms with van der Waals surface area (Å²) in [6, 6.07) is 12.3. The van der Waals surface area contributed by atoms with Crippen LogP contribution in [0, 0.1) is 5.92 Å². The maximum absolute atomic E-state index is 12.9. The van der Waals surface area contributed by atoms with Crippen LogP contribution >= 0.6 is 0 Å². The molecule has 1 amide bonds. The first kappa shape index (κ1) is 20.0. The average molecular weight is 416 g/mol. The van der Waals surface area contributed by atoms with Gasteiger partial charge in [0.1, 0.15) is 0 Å². The van der Waals surface area contributed by atoms with E-state index in [4.69, 9.17) is 0 Å². The lowest BCUT2D eigenvalue weighted by Gasteiger charge is -2.31. The number of amides is 1. The van der Waals surface area contributed by atoms with Crippen molar-refractivity contribution >= 4 is 15.9 Å². The first-order valence-electron chi connectivity index (χ1n) is 9.80. The zero-order valence-corrected chi connectivity index (χ0v) is 16.8. The predicted molar refractivity (Wildman–Crippen MR) is 108 cm³/mol. The van der Waals surface area contributed by atoms with Crippen LogP contribution in [0.1, 0.15) is 30.9 Å². The van der Waals surface area contributed by atoms with E-state index >= 15 is 0 Å². The fraction of sp³-hybridized carbons (Fsp3) is 0.400. The lowest BCUT2D eigenvalue weighted by molar-refractivity contribution is -0.126. The summed E-state index contributed by atoms with van der Waals surface area (Å²) in [6.45, 7) is 0.644. The summed E-state index contributed by atoms with van der Waals surface area (Å²) < 4.78 is 27.2. The number of benzene rings is 1. The number of rotatable bonds is 5. The maximum atomic E-state index is 12.9. The summed E-state index contributed by atoms with van der Waals surface area (Å²) in [5, 5.41) is 3.01. The topological polar surface area (TPSA) is 103 Å². The van der Waals surface area contributed by atoms with E-state index in [9.17, 15) is 13.2 Å². The number of aromatic nitrogens is 1. The van der Waals surface area contributed by atoms with Gasteiger partial charge >= 0.3 is 0 Å². The van der Waals surface area contributed by atoms with E-state index in [1.165, 1.54) is 4.31 Å². The number of nitrogens with zero attached hydrogens (tertiary/aromatic N) is 2. The number of hydrogen-bond donors (Lipinski definition) is 3. The highest BCUT2D eigenvalue weighted by molar-refractivity contribution is 7.89. The quantitative estimate of drug-likeness (QED) is 0.677. The molecule has 2 saturated heterocycles. The predicted octanol–water partition coefficient (Wildman–Crippen LogP) is 1.16. The van der Waals surface area contributed by atoms with Crippen LogP contribution in [-0.4, -0.2) is 42.9 Å². The maximum Gasteiger partial charge on any atom is 0.243 e. The van der Waals surface area contributed by atoms with Gasteiger partial charge in [0.15, 0.2) is 0 Å². The van der Waals surface area contributed by atoms with Gasteiger partial charge in [0.05, 0.1) is 17.0 Å². The van der Waals surface area contributed by atoms with Crippen molar-refractivity contribution in [2.45, 2.75) is 36.4 Å². The Bertz CT molecular complexity index is 939. The van der Waals surface area contributed by atoms with Gasteiger partial charge in [-0.1, -0.05) is 18.2 Å². The molecule has 1 aromatic heterocycles. The molecule has 4 rings (SSSR count). The molecule has 2 fully saturated rings. The molecule has 2 aliphatic heterocycles. The number of carbonyl (C=O) groups is 1. The first-order chi connectivity index (χ1) is 14.0. The number of hydrogen-bond acceptors (Lipinski definition) is 6. The molecule has 154 valence electrons. The molecule has 29 heavy (non-hydrogen) atoms. The highest BCUT2D eigenvalue weighted by Gasteiger charge is 2.35. The summed E-state index contributed by atoms with van der Waals surface area (Å²) >= 11 is 0. The SMILES string of the molecule is O=C(NC1CC(c2ccncc2)NN1)C1CCCN(S(=O)(=O)c2ccccc2)C1. The van der Waals surface area contributed by atoms with Crippen molar-refractivity contribution in [3.8, 4) is 0 Å². The molecular weight excluding hydrogens is 390 g/mol. The van der Waals surface area contributed by atoms with E-state index in [2.05, 4.69) is 21.2 Å². The van der Waals surface area contributed by atoms with E-state index in [0.29, 0.717) is 25.8 Å². The summed E-state index contributed by atoms with van der Waals surface area (Å²) in [5.41, 5.74) is 7.39. The second-order valence-corrected chi connectivity index (χ2v) is 9.37. The lowest BCUT2D eigenvalue weighted by Crippen LogP contribution is -2.50. The Labute approximate surface area is 170 Å². The number of sulfonamides is 1. The molecule has 0 radical (unpaired) electrons. The molecule has 3 unspecified atom stereocenters. The molecule has 8 nitrogen and oxygen atoms in total. The summed E-state index contributed by atoms with van der Waals surface area (Å²) in [6.07, 6.45) is 5.33. The third-order valence-corrected chi connectivity index (χ3v) is 7.34. The molecule has 3 atom stereocenters. The van der Waals surface area contributed by atoms with E-state index < -0.39 is 10.0 Å². The number of carbonyl (C=O) groups excluding carboxylic acids is 1. The Morgan fingerprint density at radius 1 is 1.10 bits per heavy atom. The van der Waals surface area contributed by atoms with Crippen molar-refractivity contribution in [2.75, 3.05) is 13.1 Å². The smallest absolute Gasteiger partial charge is 0.243 e. The van der Waals surface area contributed by atoms with Gasteiger partial charge in [-0.05, 0) is 42.7 Å². The first-order valence-corrected chi connectivity index (χ1v) is 11.2. The van der Waals surface area contributed by atoms with Crippen LogP contribution in [0.25, 0.3) is 0 Å². The Hall–Kier alpha value is -2.33. The van der Waals surface area contributed by atoms with Crippen LogP contribution in [0.3, 0.4) is 0 Å². The number of nitrogens with one attached hydrogen (secondary N) is 3. The largest absolute Gasteiger partial charge is 0.339 e. The molecule has 3 N–H and O–H groups in total. The highest BCUT2D eigenvalue weighted by atomic mass is 32.2. The van der Waals surface area contributed by atoms with Crippen LogP contribution < -0.4 is 16.2 Å². The molecule has 9 heteroatoms. The Morgan fingerprint density at radius 3 is 2.62 bits per heavy atom. The van der Waals surface area contributed by atoms with Crippen molar-refractivity contribution in [3.05, 3.63) is 60.4 Å². The number of piperidine rings is 1. The second-order valence-electron chi connectivity index (χ2n) is 7.43. The van der Waals surface area contributed by atoms with Gasteiger partial charge in [0, 0.05) is 37.9 Å². The van der Waals surface area contributed by atoms with Crippen molar-refractivity contribution in [1.82, 2.24) is 25.5 Å². The zero-order chi connectivity index (χ0) is 20.3. The molecule has 0 aliphatic carbocycles. The van der Waals surface area contributed by atoms with E-state index in [-0.39, 0.29) is 35.5 Å². The minimum atomic E-state index is -3.58. The lowest BCUT2D eigenvalue weighted by atomic mass is 9.98. The third-order valence-electron chi connectivity index (χ3n) is 5.46. The Kier molecular flexibility index (Phi) is 5.91. The molecule has 1 aromatic carbocycles. The third kappa shape index (κ3) is 4.48. The molecule has 0 spiro atoms. The average Bonchev–Trinajstić information content (AvgIpc) is 3.23. The summed E-state index contributed by atoms with van der Waals surface area (Å²) in [5.74, 6) is -0.475. The van der Waals surface area contributed by atoms with Gasteiger partial charge in [0.25, 0.3) is 0 Å². The van der Waals surface area contributed by atoms with E-state index in [0.717, 1.165) is 5.56 Å². The molecular formula is C20H25N5O3S. The van der Waals surface area contributed by atoms with Crippen LogP contribution in [0.15, 0.2) is 59.8 Å². The standard InChI is InChI=1S/C20H25N5O3S/c26-20(22-19-13-18(23-24-19)15-8-10-21-11-9-15)16-5-4-12-25(14-16)29(27,28)17-6-2-1-3-7-17/h1-3,6-11,16,18-19,23-24H,4-5,12-14H2,(H,22,26). The molecule has 3 heterocycles. The Balaban J connectivity index is 1.36. The normalized spacial score (nSPS) is 25.6. The van der Waals surface area contributed by atoms with Crippen molar-refractivity contribution in [1.29, 1.82) is 0 Å². The molecule has 2 aliphatic rings. The zero-order valence-electron chi connectivity index (χ0n) is 16.0. The van der Waals surface area contributed by atoms with Crippen molar-refractivity contribution in [2.24, 2.45) is 5.92 Å². The van der Waals surface area contributed by atoms with Crippen LogP contribution in [0.5, 0.6) is 0 Å². The minimum Gasteiger partial charge on any atom is -0.339 e. The molecule has 0 bridgehead atoms.